The molecule has 0 saturated heterocycles. The first kappa shape index (κ1) is 20.0. The van der Waals surface area contributed by atoms with Gasteiger partial charge in [-0.1, -0.05) is 57.1 Å². The van der Waals surface area contributed by atoms with Gasteiger partial charge in [-0.15, -0.1) is 0 Å². The summed E-state index contributed by atoms with van der Waals surface area (Å²) in [7, 11) is 0. The van der Waals surface area contributed by atoms with Crippen molar-refractivity contribution in [2.24, 2.45) is 4.99 Å². The topological polar surface area (TPSA) is 43.6 Å². The maximum absolute atomic E-state index is 12.4. The van der Waals surface area contributed by atoms with Crippen LogP contribution >= 0.6 is 38.9 Å². The van der Waals surface area contributed by atoms with Gasteiger partial charge in [-0.2, -0.15) is 4.99 Å². The van der Waals surface area contributed by atoms with Crippen LogP contribution in [0.25, 0.3) is 16.3 Å². The molecule has 0 atom stereocenters. The molecule has 0 radical (unpaired) electrons. The highest BCUT2D eigenvalue weighted by Gasteiger charge is 2.08. The molecule has 0 fully saturated rings. The SMILES string of the molecule is CCOCCn1c(=NC(=O)C=Cc2ccccc2Cl)sc2cc(Br)ccc21. The van der Waals surface area contributed by atoms with E-state index in [0.29, 0.717) is 29.6 Å². The smallest absolute Gasteiger partial charge is 0.272 e. The summed E-state index contributed by atoms with van der Waals surface area (Å²) in [6.07, 6.45) is 3.12. The van der Waals surface area contributed by atoms with Gasteiger partial charge in [0.05, 0.1) is 16.8 Å². The number of rotatable bonds is 6. The van der Waals surface area contributed by atoms with E-state index in [4.69, 9.17) is 16.3 Å². The summed E-state index contributed by atoms with van der Waals surface area (Å²) in [5, 5.41) is 0.597. The van der Waals surface area contributed by atoms with Crippen LogP contribution in [-0.2, 0) is 16.1 Å². The molecule has 140 valence electrons. The van der Waals surface area contributed by atoms with Crippen molar-refractivity contribution in [2.75, 3.05) is 13.2 Å². The summed E-state index contributed by atoms with van der Waals surface area (Å²) >= 11 is 11.1. The van der Waals surface area contributed by atoms with E-state index < -0.39 is 0 Å². The number of aromatic nitrogens is 1. The zero-order valence-electron chi connectivity index (χ0n) is 14.7. The van der Waals surface area contributed by atoms with E-state index in [1.807, 2.05) is 47.9 Å². The highest BCUT2D eigenvalue weighted by molar-refractivity contribution is 9.10. The van der Waals surface area contributed by atoms with Crippen molar-refractivity contribution >= 4 is 61.1 Å². The normalized spacial score (nSPS) is 12.3. The van der Waals surface area contributed by atoms with E-state index in [1.54, 1.807) is 12.1 Å². The van der Waals surface area contributed by atoms with Gasteiger partial charge >= 0.3 is 0 Å². The summed E-state index contributed by atoms with van der Waals surface area (Å²) in [6.45, 7) is 3.81. The zero-order chi connectivity index (χ0) is 19.2. The molecule has 0 aliphatic heterocycles. The van der Waals surface area contributed by atoms with E-state index in [2.05, 4.69) is 20.9 Å². The maximum atomic E-state index is 12.4. The molecule has 27 heavy (non-hydrogen) atoms. The average Bonchev–Trinajstić information content (AvgIpc) is 2.97. The first-order valence-electron chi connectivity index (χ1n) is 8.46. The summed E-state index contributed by atoms with van der Waals surface area (Å²) in [5.41, 5.74) is 1.82. The van der Waals surface area contributed by atoms with E-state index >= 15 is 0 Å². The number of nitrogens with zero attached hydrogens (tertiary/aromatic N) is 2. The van der Waals surface area contributed by atoms with Crippen LogP contribution in [0.5, 0.6) is 0 Å². The third kappa shape index (κ3) is 5.17. The number of carbonyl (C=O) groups excluding carboxylic acids is 1. The molecule has 4 nitrogen and oxygen atoms in total. The van der Waals surface area contributed by atoms with Crippen LogP contribution in [0.3, 0.4) is 0 Å². The van der Waals surface area contributed by atoms with Gasteiger partial charge in [0.2, 0.25) is 0 Å². The fraction of sp³-hybridized carbons (Fsp3) is 0.200. The van der Waals surface area contributed by atoms with Crippen molar-refractivity contribution in [2.45, 2.75) is 13.5 Å². The van der Waals surface area contributed by atoms with Gasteiger partial charge in [-0.3, -0.25) is 4.79 Å². The van der Waals surface area contributed by atoms with Crippen LogP contribution in [0.1, 0.15) is 12.5 Å². The lowest BCUT2D eigenvalue weighted by Crippen LogP contribution is -2.19. The Morgan fingerprint density at radius 3 is 2.93 bits per heavy atom. The molecule has 2 aromatic carbocycles. The summed E-state index contributed by atoms with van der Waals surface area (Å²) in [5.74, 6) is -0.328. The predicted molar refractivity (Wildman–Crippen MR) is 115 cm³/mol. The highest BCUT2D eigenvalue weighted by Crippen LogP contribution is 2.22. The van der Waals surface area contributed by atoms with Crippen LogP contribution in [0, 0.1) is 0 Å². The van der Waals surface area contributed by atoms with Gasteiger partial charge in [0.25, 0.3) is 5.91 Å². The maximum Gasteiger partial charge on any atom is 0.272 e. The quantitative estimate of drug-likeness (QED) is 0.366. The van der Waals surface area contributed by atoms with E-state index in [1.165, 1.54) is 17.4 Å². The van der Waals surface area contributed by atoms with E-state index in [9.17, 15) is 4.79 Å². The lowest BCUT2D eigenvalue weighted by molar-refractivity contribution is -0.113. The van der Waals surface area contributed by atoms with Crippen molar-refractivity contribution in [1.29, 1.82) is 0 Å². The second-order valence-corrected chi connectivity index (χ2v) is 7.98. The van der Waals surface area contributed by atoms with Gasteiger partial charge in [-0.25, -0.2) is 0 Å². The second kappa shape index (κ2) is 9.46. The highest BCUT2D eigenvalue weighted by atomic mass is 79.9. The van der Waals surface area contributed by atoms with Crippen LogP contribution < -0.4 is 4.80 Å². The van der Waals surface area contributed by atoms with Gasteiger partial charge in [0.1, 0.15) is 0 Å². The number of hydrogen-bond acceptors (Lipinski definition) is 3. The van der Waals surface area contributed by atoms with E-state index in [-0.39, 0.29) is 5.91 Å². The number of thiazole rings is 1. The summed E-state index contributed by atoms with van der Waals surface area (Å²) in [6, 6.07) is 13.4. The zero-order valence-corrected chi connectivity index (χ0v) is 17.9. The van der Waals surface area contributed by atoms with Crippen molar-refractivity contribution < 1.29 is 9.53 Å². The Bertz CT molecular complexity index is 1060. The molecule has 1 aromatic heterocycles. The minimum atomic E-state index is -0.328. The van der Waals surface area contributed by atoms with Crippen LogP contribution in [0.4, 0.5) is 0 Å². The second-order valence-electron chi connectivity index (χ2n) is 5.65. The molecule has 3 rings (SSSR count). The monoisotopic (exact) mass is 464 g/mol. The van der Waals surface area contributed by atoms with Gasteiger partial charge in [-0.05, 0) is 42.8 Å². The number of benzene rings is 2. The molecule has 0 saturated carbocycles. The summed E-state index contributed by atoms with van der Waals surface area (Å²) in [4.78, 5) is 17.3. The standard InChI is InChI=1S/C20H18BrClN2O2S/c1-2-26-12-11-24-17-9-8-15(21)13-18(17)27-20(24)23-19(25)10-7-14-5-3-4-6-16(14)22/h3-10,13H,2,11-12H2,1H3. The Labute approximate surface area is 174 Å². The van der Waals surface area contributed by atoms with Crippen LogP contribution in [0.15, 0.2) is 58.0 Å². The van der Waals surface area contributed by atoms with Crippen molar-refractivity contribution in [3.8, 4) is 0 Å². The minimum Gasteiger partial charge on any atom is -0.380 e. The van der Waals surface area contributed by atoms with Gasteiger partial charge in [0, 0.05) is 28.7 Å². The number of ether oxygens (including phenoxy) is 1. The molecular formula is C20H18BrClN2O2S. The lowest BCUT2D eigenvalue weighted by Gasteiger charge is -2.05. The van der Waals surface area contributed by atoms with Crippen molar-refractivity contribution in [3.63, 3.8) is 0 Å². The fourth-order valence-electron chi connectivity index (χ4n) is 2.55. The summed E-state index contributed by atoms with van der Waals surface area (Å²) < 4.78 is 9.54. The van der Waals surface area contributed by atoms with Gasteiger partial charge in [0.15, 0.2) is 4.80 Å². The molecule has 3 aromatic rings. The molecule has 1 amide bonds. The Morgan fingerprint density at radius 1 is 1.33 bits per heavy atom. The molecule has 1 heterocycles. The van der Waals surface area contributed by atoms with Crippen molar-refractivity contribution in [3.05, 3.63) is 68.4 Å². The predicted octanol–water partition coefficient (Wildman–Crippen LogP) is 5.30. The van der Waals surface area contributed by atoms with Gasteiger partial charge < -0.3 is 9.30 Å². The molecule has 0 unspecified atom stereocenters. The first-order chi connectivity index (χ1) is 13.1. The van der Waals surface area contributed by atoms with Crippen molar-refractivity contribution in [1.82, 2.24) is 4.57 Å². The Balaban J connectivity index is 1.94. The number of amides is 1. The number of hydrogen-bond donors (Lipinski definition) is 0. The third-order valence-corrected chi connectivity index (χ3v) is 5.70. The molecule has 0 aliphatic rings. The molecule has 0 N–H and O–H groups in total. The number of fused-ring (bicyclic) bond motifs is 1. The molecule has 0 aliphatic carbocycles. The Kier molecular flexibility index (Phi) is 7.01. The molecular weight excluding hydrogens is 448 g/mol. The minimum absolute atomic E-state index is 0.328. The molecule has 0 bridgehead atoms. The number of carbonyl (C=O) groups is 1. The first-order valence-corrected chi connectivity index (χ1v) is 10.4. The van der Waals surface area contributed by atoms with Crippen LogP contribution in [0.2, 0.25) is 5.02 Å². The third-order valence-electron chi connectivity index (χ3n) is 3.82. The average molecular weight is 466 g/mol. The lowest BCUT2D eigenvalue weighted by atomic mass is 10.2. The largest absolute Gasteiger partial charge is 0.380 e. The molecule has 7 heteroatoms. The van der Waals surface area contributed by atoms with E-state index in [0.717, 1.165) is 20.3 Å². The fourth-order valence-corrected chi connectivity index (χ4v) is 4.36. The Morgan fingerprint density at radius 2 is 2.15 bits per heavy atom. The van der Waals surface area contributed by atoms with Crippen LogP contribution in [-0.4, -0.2) is 23.7 Å². The Hall–Kier alpha value is -1.73. The molecule has 0 spiro atoms. The number of halogens is 2.